The number of benzene rings is 1. The minimum absolute atomic E-state index is 0.0168. The molecule has 2 aliphatic rings. The van der Waals surface area contributed by atoms with Gasteiger partial charge in [-0.05, 0) is 30.7 Å². The van der Waals surface area contributed by atoms with E-state index < -0.39 is 6.10 Å². The largest absolute Gasteiger partial charge is 0.393 e. The second-order valence-corrected chi connectivity index (χ2v) is 6.16. The van der Waals surface area contributed by atoms with Crippen molar-refractivity contribution in [2.45, 2.75) is 37.9 Å². The minimum Gasteiger partial charge on any atom is -0.393 e. The zero-order chi connectivity index (χ0) is 14.0. The van der Waals surface area contributed by atoms with E-state index >= 15 is 0 Å². The van der Waals surface area contributed by atoms with Gasteiger partial charge in [-0.15, -0.1) is 0 Å². The van der Waals surface area contributed by atoms with E-state index in [1.54, 1.807) is 0 Å². The number of hydrogen-bond acceptors (Lipinski definition) is 2. The van der Waals surface area contributed by atoms with Crippen LogP contribution in [0.2, 0.25) is 0 Å². The number of allylic oxidation sites excluding steroid dienone is 3. The van der Waals surface area contributed by atoms with Gasteiger partial charge in [0.15, 0.2) is 0 Å². The predicted molar refractivity (Wildman–Crippen MR) is 80.2 cm³/mol. The van der Waals surface area contributed by atoms with Crippen LogP contribution >= 0.6 is 0 Å². The van der Waals surface area contributed by atoms with Crippen molar-refractivity contribution >= 4 is 0 Å². The molecule has 0 saturated heterocycles. The van der Waals surface area contributed by atoms with Crippen LogP contribution in [0.5, 0.6) is 0 Å². The minimum atomic E-state index is -0.459. The second kappa shape index (κ2) is 5.55. The highest BCUT2D eigenvalue weighted by atomic mass is 16.3. The van der Waals surface area contributed by atoms with Crippen molar-refractivity contribution in [2.75, 3.05) is 0 Å². The average molecular weight is 270 g/mol. The summed E-state index contributed by atoms with van der Waals surface area (Å²) in [7, 11) is 0. The summed E-state index contributed by atoms with van der Waals surface area (Å²) in [4.78, 5) is 0. The summed E-state index contributed by atoms with van der Waals surface area (Å²) in [5.74, 6) is 0.512. The van der Waals surface area contributed by atoms with Gasteiger partial charge in [-0.25, -0.2) is 0 Å². The lowest BCUT2D eigenvalue weighted by Crippen LogP contribution is -2.18. The SMILES string of the molecule is OC1CC2CC=CC2(/C=C/[C@@H](O)Cc2ccccc2)C1. The van der Waals surface area contributed by atoms with Gasteiger partial charge in [0.1, 0.15) is 0 Å². The molecule has 4 atom stereocenters. The molecule has 3 rings (SSSR count). The van der Waals surface area contributed by atoms with Crippen molar-refractivity contribution in [3.05, 3.63) is 60.2 Å². The van der Waals surface area contributed by atoms with Crippen LogP contribution in [-0.2, 0) is 6.42 Å². The molecule has 0 aliphatic heterocycles. The third-order valence-corrected chi connectivity index (χ3v) is 4.67. The van der Waals surface area contributed by atoms with Gasteiger partial charge < -0.3 is 10.2 Å². The van der Waals surface area contributed by atoms with Crippen LogP contribution < -0.4 is 0 Å². The molecule has 106 valence electrons. The van der Waals surface area contributed by atoms with Gasteiger partial charge in [0.25, 0.3) is 0 Å². The van der Waals surface area contributed by atoms with Crippen LogP contribution in [0.3, 0.4) is 0 Å². The maximum atomic E-state index is 10.2. The molecule has 1 fully saturated rings. The molecule has 0 heterocycles. The third kappa shape index (κ3) is 2.72. The monoisotopic (exact) mass is 270 g/mol. The van der Waals surface area contributed by atoms with Crippen LogP contribution in [-0.4, -0.2) is 22.4 Å². The first-order valence-electron chi connectivity index (χ1n) is 7.45. The smallest absolute Gasteiger partial charge is 0.0761 e. The molecular formula is C18H22O2. The first-order chi connectivity index (χ1) is 9.68. The number of fused-ring (bicyclic) bond motifs is 1. The fourth-order valence-electron chi connectivity index (χ4n) is 3.65. The van der Waals surface area contributed by atoms with Gasteiger partial charge in [0, 0.05) is 11.8 Å². The number of rotatable bonds is 4. The van der Waals surface area contributed by atoms with Gasteiger partial charge >= 0.3 is 0 Å². The number of aliphatic hydroxyl groups excluding tert-OH is 2. The van der Waals surface area contributed by atoms with E-state index in [2.05, 4.69) is 18.2 Å². The van der Waals surface area contributed by atoms with Crippen molar-refractivity contribution in [3.8, 4) is 0 Å². The van der Waals surface area contributed by atoms with Crippen molar-refractivity contribution in [2.24, 2.45) is 11.3 Å². The summed E-state index contributed by atoms with van der Waals surface area (Å²) in [5.41, 5.74) is 1.13. The highest BCUT2D eigenvalue weighted by Crippen LogP contribution is 2.51. The highest BCUT2D eigenvalue weighted by Gasteiger charge is 2.45. The average Bonchev–Trinajstić information content (AvgIpc) is 2.93. The normalized spacial score (nSPS) is 33.7. The van der Waals surface area contributed by atoms with E-state index in [0.29, 0.717) is 12.3 Å². The van der Waals surface area contributed by atoms with Crippen molar-refractivity contribution in [3.63, 3.8) is 0 Å². The fraction of sp³-hybridized carbons (Fsp3) is 0.444. The van der Waals surface area contributed by atoms with E-state index in [4.69, 9.17) is 0 Å². The van der Waals surface area contributed by atoms with Crippen molar-refractivity contribution in [1.82, 2.24) is 0 Å². The summed E-state index contributed by atoms with van der Waals surface area (Å²) in [5, 5.41) is 20.0. The van der Waals surface area contributed by atoms with E-state index in [-0.39, 0.29) is 11.5 Å². The Morgan fingerprint density at radius 3 is 2.90 bits per heavy atom. The van der Waals surface area contributed by atoms with E-state index in [9.17, 15) is 10.2 Å². The predicted octanol–water partition coefficient (Wildman–Crippen LogP) is 2.86. The summed E-state index contributed by atoms with van der Waals surface area (Å²) in [6.07, 6.45) is 11.2. The molecule has 3 unspecified atom stereocenters. The van der Waals surface area contributed by atoms with Crippen molar-refractivity contribution in [1.29, 1.82) is 0 Å². The van der Waals surface area contributed by atoms with E-state index in [0.717, 1.165) is 24.8 Å². The third-order valence-electron chi connectivity index (χ3n) is 4.67. The molecule has 2 aliphatic carbocycles. The standard InChI is InChI=1S/C18H22O2/c19-16(11-14-5-2-1-3-6-14)8-10-18-9-4-7-15(18)12-17(20)13-18/h1-6,8-10,15-17,19-20H,7,11-13H2/b10-8+/t15?,16-,17?,18?/m1/s1. The Labute approximate surface area is 120 Å². The lowest BCUT2D eigenvalue weighted by Gasteiger charge is -2.24. The Morgan fingerprint density at radius 1 is 1.30 bits per heavy atom. The molecule has 0 amide bonds. The Bertz CT molecular complexity index is 505. The molecular weight excluding hydrogens is 248 g/mol. The lowest BCUT2D eigenvalue weighted by atomic mass is 9.80. The molecule has 0 bridgehead atoms. The molecule has 1 aromatic rings. The zero-order valence-electron chi connectivity index (χ0n) is 11.7. The first-order valence-corrected chi connectivity index (χ1v) is 7.45. The Balaban J connectivity index is 1.66. The van der Waals surface area contributed by atoms with Gasteiger partial charge in [-0.1, -0.05) is 54.6 Å². The Morgan fingerprint density at radius 2 is 2.10 bits per heavy atom. The first kappa shape index (κ1) is 13.6. The molecule has 1 saturated carbocycles. The van der Waals surface area contributed by atoms with Gasteiger partial charge in [0.2, 0.25) is 0 Å². The number of aliphatic hydroxyl groups is 2. The van der Waals surface area contributed by atoms with Crippen LogP contribution in [0.25, 0.3) is 0 Å². The molecule has 2 N–H and O–H groups in total. The topological polar surface area (TPSA) is 40.5 Å². The number of hydrogen-bond donors (Lipinski definition) is 2. The summed E-state index contributed by atoms with van der Waals surface area (Å²) >= 11 is 0. The summed E-state index contributed by atoms with van der Waals surface area (Å²) in [6, 6.07) is 10.0. The fourth-order valence-corrected chi connectivity index (χ4v) is 3.65. The molecule has 0 aromatic heterocycles. The van der Waals surface area contributed by atoms with Gasteiger partial charge in [-0.3, -0.25) is 0 Å². The van der Waals surface area contributed by atoms with Crippen molar-refractivity contribution < 1.29 is 10.2 Å². The van der Waals surface area contributed by atoms with Gasteiger partial charge in [0.05, 0.1) is 12.2 Å². The molecule has 1 aromatic carbocycles. The summed E-state index contributed by atoms with van der Waals surface area (Å²) < 4.78 is 0. The Hall–Kier alpha value is -1.38. The highest BCUT2D eigenvalue weighted by molar-refractivity contribution is 5.25. The quantitative estimate of drug-likeness (QED) is 0.826. The van der Waals surface area contributed by atoms with E-state index in [1.165, 1.54) is 0 Å². The van der Waals surface area contributed by atoms with Crippen LogP contribution in [0.15, 0.2) is 54.6 Å². The lowest BCUT2D eigenvalue weighted by molar-refractivity contribution is 0.173. The zero-order valence-corrected chi connectivity index (χ0v) is 11.7. The Kier molecular flexibility index (Phi) is 3.77. The van der Waals surface area contributed by atoms with E-state index in [1.807, 2.05) is 36.4 Å². The van der Waals surface area contributed by atoms with Crippen LogP contribution in [0, 0.1) is 11.3 Å². The molecule has 2 nitrogen and oxygen atoms in total. The maximum absolute atomic E-state index is 10.2. The molecule has 0 spiro atoms. The van der Waals surface area contributed by atoms with Gasteiger partial charge in [-0.2, -0.15) is 0 Å². The second-order valence-electron chi connectivity index (χ2n) is 6.16. The van der Waals surface area contributed by atoms with Crippen LogP contribution in [0.4, 0.5) is 0 Å². The summed E-state index contributed by atoms with van der Waals surface area (Å²) in [6.45, 7) is 0. The maximum Gasteiger partial charge on any atom is 0.0761 e. The van der Waals surface area contributed by atoms with Crippen LogP contribution in [0.1, 0.15) is 24.8 Å². The molecule has 2 heteroatoms. The molecule has 0 radical (unpaired) electrons. The molecule has 20 heavy (non-hydrogen) atoms.